The Kier molecular flexibility index (Phi) is 4.07. The molecule has 0 aromatic carbocycles. The number of nitrogens with zero attached hydrogens (tertiary/aromatic N) is 2. The molecule has 0 bridgehead atoms. The lowest BCUT2D eigenvalue weighted by molar-refractivity contribution is -0.117. The molecule has 17 heavy (non-hydrogen) atoms. The number of pyridine rings is 1. The summed E-state index contributed by atoms with van der Waals surface area (Å²) in [4.78, 5) is 17.8. The molecule has 1 heterocycles. The summed E-state index contributed by atoms with van der Waals surface area (Å²) in [5.74, 6) is 0.629. The molecular weight excluding hydrogens is 216 g/mol. The molecule has 1 rings (SSSR count). The van der Waals surface area contributed by atoms with Gasteiger partial charge in [-0.2, -0.15) is 0 Å². The molecule has 0 saturated heterocycles. The average Bonchev–Trinajstić information content (AvgIpc) is 2.14. The minimum Gasteiger partial charge on any atom is -0.361 e. The van der Waals surface area contributed by atoms with Gasteiger partial charge in [0.15, 0.2) is 5.82 Å². The maximum absolute atomic E-state index is 11.8. The van der Waals surface area contributed by atoms with Gasteiger partial charge in [0.05, 0.1) is 5.69 Å². The van der Waals surface area contributed by atoms with Gasteiger partial charge >= 0.3 is 0 Å². The van der Waals surface area contributed by atoms with Crippen molar-refractivity contribution in [3.8, 4) is 0 Å². The highest BCUT2D eigenvalue weighted by Crippen LogP contribution is 2.20. The van der Waals surface area contributed by atoms with Gasteiger partial charge in [0.1, 0.15) is 0 Å². The minimum absolute atomic E-state index is 0.103. The minimum atomic E-state index is -0.509. The van der Waals surface area contributed by atoms with Gasteiger partial charge in [-0.1, -0.05) is 0 Å². The third kappa shape index (κ3) is 4.40. The van der Waals surface area contributed by atoms with E-state index >= 15 is 0 Å². The number of nitrogens with two attached hydrogens (primary N) is 1. The van der Waals surface area contributed by atoms with Crippen LogP contribution in [0.4, 0.5) is 11.5 Å². The molecule has 0 aliphatic carbocycles. The molecule has 0 saturated carbocycles. The summed E-state index contributed by atoms with van der Waals surface area (Å²) in [6.45, 7) is 3.64. The predicted octanol–water partition coefficient (Wildman–Crippen LogP) is 1.21. The van der Waals surface area contributed by atoms with Gasteiger partial charge in [0, 0.05) is 32.3 Å². The fraction of sp³-hybridized carbons (Fsp3) is 0.500. The molecule has 5 nitrogen and oxygen atoms in total. The summed E-state index contributed by atoms with van der Waals surface area (Å²) in [6, 6.07) is 3.61. The lowest BCUT2D eigenvalue weighted by atomic mass is 10.0. The fourth-order valence-corrected chi connectivity index (χ4v) is 1.46. The van der Waals surface area contributed by atoms with Crippen molar-refractivity contribution in [2.24, 2.45) is 5.73 Å². The van der Waals surface area contributed by atoms with Crippen molar-refractivity contribution in [3.63, 3.8) is 0 Å². The number of carbonyl (C=O) groups excluding carboxylic acids is 1. The SMILES string of the molecule is CN(C)c1ncccc1NC(=O)CC(C)(C)N. The quantitative estimate of drug-likeness (QED) is 0.824. The van der Waals surface area contributed by atoms with Crippen molar-refractivity contribution >= 4 is 17.4 Å². The molecule has 0 aliphatic heterocycles. The zero-order chi connectivity index (χ0) is 13.1. The second-order valence-corrected chi connectivity index (χ2v) is 4.98. The fourth-order valence-electron chi connectivity index (χ4n) is 1.46. The van der Waals surface area contributed by atoms with Gasteiger partial charge in [-0.25, -0.2) is 4.98 Å². The average molecular weight is 236 g/mol. The van der Waals surface area contributed by atoms with Crippen LogP contribution in [0.15, 0.2) is 18.3 Å². The lowest BCUT2D eigenvalue weighted by Crippen LogP contribution is -2.36. The molecular formula is C12H20N4O. The number of nitrogens with one attached hydrogen (secondary N) is 1. The summed E-state index contributed by atoms with van der Waals surface area (Å²) in [7, 11) is 3.76. The number of carbonyl (C=O) groups is 1. The monoisotopic (exact) mass is 236 g/mol. The topological polar surface area (TPSA) is 71.2 Å². The van der Waals surface area contributed by atoms with Crippen LogP contribution in [0.2, 0.25) is 0 Å². The van der Waals surface area contributed by atoms with Crippen LogP contribution < -0.4 is 16.0 Å². The van der Waals surface area contributed by atoms with Gasteiger partial charge in [0.2, 0.25) is 5.91 Å². The Balaban J connectivity index is 2.78. The second-order valence-electron chi connectivity index (χ2n) is 4.98. The molecule has 0 unspecified atom stereocenters. The van der Waals surface area contributed by atoms with Gasteiger partial charge in [-0.3, -0.25) is 4.79 Å². The highest BCUT2D eigenvalue weighted by molar-refractivity contribution is 5.94. The van der Waals surface area contributed by atoms with E-state index in [9.17, 15) is 4.79 Å². The number of rotatable bonds is 4. The Labute approximate surface area is 102 Å². The van der Waals surface area contributed by atoms with E-state index < -0.39 is 5.54 Å². The number of anilines is 2. The van der Waals surface area contributed by atoms with Crippen molar-refractivity contribution < 1.29 is 4.79 Å². The van der Waals surface area contributed by atoms with Crippen LogP contribution in [0.3, 0.4) is 0 Å². The molecule has 0 atom stereocenters. The maximum Gasteiger partial charge on any atom is 0.226 e. The van der Waals surface area contributed by atoms with E-state index in [-0.39, 0.29) is 12.3 Å². The van der Waals surface area contributed by atoms with E-state index in [1.165, 1.54) is 0 Å². The van der Waals surface area contributed by atoms with Gasteiger partial charge in [-0.15, -0.1) is 0 Å². The highest BCUT2D eigenvalue weighted by atomic mass is 16.1. The Bertz CT molecular complexity index is 396. The summed E-state index contributed by atoms with van der Waals surface area (Å²) < 4.78 is 0. The second kappa shape index (κ2) is 5.14. The van der Waals surface area contributed by atoms with E-state index in [1.807, 2.05) is 38.9 Å². The molecule has 1 amide bonds. The van der Waals surface area contributed by atoms with Crippen molar-refractivity contribution in [1.29, 1.82) is 0 Å². The van der Waals surface area contributed by atoms with Crippen LogP contribution in [0.5, 0.6) is 0 Å². The van der Waals surface area contributed by atoms with E-state index in [0.29, 0.717) is 5.69 Å². The molecule has 0 spiro atoms. The summed E-state index contributed by atoms with van der Waals surface area (Å²) in [5.41, 5.74) is 5.99. The number of aromatic nitrogens is 1. The first-order valence-corrected chi connectivity index (χ1v) is 5.51. The first-order chi connectivity index (χ1) is 7.79. The highest BCUT2D eigenvalue weighted by Gasteiger charge is 2.17. The van der Waals surface area contributed by atoms with Crippen LogP contribution in [-0.2, 0) is 4.79 Å². The number of amides is 1. The van der Waals surface area contributed by atoms with Crippen molar-refractivity contribution in [2.45, 2.75) is 25.8 Å². The third-order valence-electron chi connectivity index (χ3n) is 2.10. The third-order valence-corrected chi connectivity index (χ3v) is 2.10. The van der Waals surface area contributed by atoms with E-state index in [1.54, 1.807) is 12.3 Å². The van der Waals surface area contributed by atoms with E-state index in [4.69, 9.17) is 5.73 Å². The molecule has 94 valence electrons. The lowest BCUT2D eigenvalue weighted by Gasteiger charge is -2.20. The molecule has 3 N–H and O–H groups in total. The number of hydrogen-bond acceptors (Lipinski definition) is 4. The molecule has 0 aliphatic rings. The number of hydrogen-bond donors (Lipinski definition) is 2. The molecule has 0 fully saturated rings. The van der Waals surface area contributed by atoms with Crippen LogP contribution in [-0.4, -0.2) is 30.5 Å². The summed E-state index contributed by atoms with van der Waals surface area (Å²) in [6.07, 6.45) is 1.96. The standard InChI is InChI=1S/C12H20N4O/c1-12(2,13)8-10(17)15-9-6-5-7-14-11(9)16(3)4/h5-7H,8,13H2,1-4H3,(H,15,17). The first kappa shape index (κ1) is 13.4. The van der Waals surface area contributed by atoms with Crippen LogP contribution >= 0.6 is 0 Å². The van der Waals surface area contributed by atoms with E-state index in [0.717, 1.165) is 5.82 Å². The van der Waals surface area contributed by atoms with Crippen LogP contribution in [0.1, 0.15) is 20.3 Å². The zero-order valence-electron chi connectivity index (χ0n) is 10.8. The first-order valence-electron chi connectivity index (χ1n) is 5.51. The Morgan fingerprint density at radius 2 is 2.18 bits per heavy atom. The maximum atomic E-state index is 11.8. The predicted molar refractivity (Wildman–Crippen MR) is 70.1 cm³/mol. The van der Waals surface area contributed by atoms with E-state index in [2.05, 4.69) is 10.3 Å². The molecule has 1 aromatic heterocycles. The normalized spacial score (nSPS) is 11.1. The molecule has 1 aromatic rings. The zero-order valence-corrected chi connectivity index (χ0v) is 10.8. The van der Waals surface area contributed by atoms with Crippen molar-refractivity contribution in [2.75, 3.05) is 24.3 Å². The van der Waals surface area contributed by atoms with Crippen molar-refractivity contribution in [1.82, 2.24) is 4.98 Å². The largest absolute Gasteiger partial charge is 0.361 e. The van der Waals surface area contributed by atoms with Gasteiger partial charge < -0.3 is 16.0 Å². The Hall–Kier alpha value is -1.62. The van der Waals surface area contributed by atoms with Gasteiger partial charge in [-0.05, 0) is 26.0 Å². The Morgan fingerprint density at radius 1 is 1.53 bits per heavy atom. The smallest absolute Gasteiger partial charge is 0.226 e. The summed E-state index contributed by atoms with van der Waals surface area (Å²) in [5, 5.41) is 2.83. The summed E-state index contributed by atoms with van der Waals surface area (Å²) >= 11 is 0. The van der Waals surface area contributed by atoms with Crippen LogP contribution in [0, 0.1) is 0 Å². The molecule has 0 radical (unpaired) electrons. The van der Waals surface area contributed by atoms with Gasteiger partial charge in [0.25, 0.3) is 0 Å². The Morgan fingerprint density at radius 3 is 2.71 bits per heavy atom. The molecule has 5 heteroatoms. The van der Waals surface area contributed by atoms with Crippen LogP contribution in [0.25, 0.3) is 0 Å². The van der Waals surface area contributed by atoms with Crippen molar-refractivity contribution in [3.05, 3.63) is 18.3 Å².